The molecule has 0 amide bonds. The van der Waals surface area contributed by atoms with Crippen LogP contribution in [0.5, 0.6) is 0 Å². The highest BCUT2D eigenvalue weighted by Gasteiger charge is 2.25. The molecule has 0 aliphatic heterocycles. The van der Waals surface area contributed by atoms with Crippen molar-refractivity contribution >= 4 is 0 Å². The fourth-order valence-corrected chi connectivity index (χ4v) is 5.24. The Hall–Kier alpha value is -1.69. The molecule has 152 valence electrons. The molecule has 28 heavy (non-hydrogen) atoms. The lowest BCUT2D eigenvalue weighted by atomic mass is 9.74. The molecular formula is C25H33F2N. The van der Waals surface area contributed by atoms with E-state index in [1.54, 1.807) is 18.2 Å². The highest BCUT2D eigenvalue weighted by molar-refractivity contribution is 5.34. The van der Waals surface area contributed by atoms with Gasteiger partial charge in [-0.15, -0.1) is 0 Å². The molecule has 2 saturated carbocycles. The summed E-state index contributed by atoms with van der Waals surface area (Å²) in [6.07, 6.45) is 17.5. The molecule has 0 radical (unpaired) electrons. The van der Waals surface area contributed by atoms with Gasteiger partial charge >= 0.3 is 0 Å². The van der Waals surface area contributed by atoms with E-state index >= 15 is 0 Å². The third kappa shape index (κ3) is 5.90. The average Bonchev–Trinajstić information content (AvgIpc) is 2.74. The van der Waals surface area contributed by atoms with Crippen LogP contribution in [0.1, 0.15) is 87.7 Å². The Balaban J connectivity index is 1.36. The van der Waals surface area contributed by atoms with E-state index < -0.39 is 0 Å². The number of hydrogen-bond acceptors (Lipinski definition) is 1. The molecule has 0 heterocycles. The van der Waals surface area contributed by atoms with Crippen molar-refractivity contribution in [2.24, 2.45) is 17.8 Å². The molecule has 1 aromatic carbocycles. The second kappa shape index (κ2) is 10.7. The normalized spacial score (nSPS) is 28.3. The lowest BCUT2D eigenvalue weighted by Crippen LogP contribution is -2.17. The van der Waals surface area contributed by atoms with Crippen molar-refractivity contribution in [1.82, 2.24) is 0 Å². The molecule has 2 fully saturated rings. The van der Waals surface area contributed by atoms with Crippen LogP contribution in [0.3, 0.4) is 0 Å². The molecule has 0 atom stereocenters. The van der Waals surface area contributed by atoms with Crippen molar-refractivity contribution in [2.45, 2.75) is 76.5 Å². The summed E-state index contributed by atoms with van der Waals surface area (Å²) < 4.78 is 26.0. The number of halogens is 2. The molecule has 1 nitrogen and oxygen atoms in total. The first-order valence-electron chi connectivity index (χ1n) is 11.1. The lowest BCUT2D eigenvalue weighted by Gasteiger charge is -2.32. The van der Waals surface area contributed by atoms with Gasteiger partial charge in [-0.2, -0.15) is 5.26 Å². The van der Waals surface area contributed by atoms with Crippen molar-refractivity contribution in [1.29, 1.82) is 5.26 Å². The number of alkyl halides is 1. The number of nitrogens with zero attached hydrogens (tertiary/aromatic N) is 1. The highest BCUT2D eigenvalue weighted by atomic mass is 19.1. The zero-order valence-electron chi connectivity index (χ0n) is 16.9. The van der Waals surface area contributed by atoms with Crippen LogP contribution in [0.25, 0.3) is 0 Å². The number of rotatable bonds is 7. The molecule has 3 rings (SSSR count). The van der Waals surface area contributed by atoms with Gasteiger partial charge in [0, 0.05) is 0 Å². The van der Waals surface area contributed by atoms with Crippen molar-refractivity contribution in [2.75, 3.05) is 6.67 Å². The first-order chi connectivity index (χ1) is 13.7. The van der Waals surface area contributed by atoms with E-state index in [0.29, 0.717) is 5.92 Å². The molecule has 1 aromatic rings. The Kier molecular flexibility index (Phi) is 8.07. The van der Waals surface area contributed by atoms with E-state index in [0.717, 1.165) is 42.6 Å². The number of hydrogen-bond donors (Lipinski definition) is 0. The smallest absolute Gasteiger partial charge is 0.141 e. The van der Waals surface area contributed by atoms with Crippen molar-refractivity contribution in [3.63, 3.8) is 0 Å². The van der Waals surface area contributed by atoms with Crippen molar-refractivity contribution < 1.29 is 8.78 Å². The molecule has 0 unspecified atom stereocenters. The van der Waals surface area contributed by atoms with Gasteiger partial charge in [0.15, 0.2) is 0 Å². The van der Waals surface area contributed by atoms with E-state index in [2.05, 4.69) is 0 Å². The Morgan fingerprint density at radius 1 is 0.893 bits per heavy atom. The van der Waals surface area contributed by atoms with Crippen LogP contribution < -0.4 is 0 Å². The second-order valence-corrected chi connectivity index (χ2v) is 8.89. The minimum Gasteiger partial charge on any atom is -0.247 e. The van der Waals surface area contributed by atoms with Gasteiger partial charge in [0.2, 0.25) is 0 Å². The van der Waals surface area contributed by atoms with E-state index in [9.17, 15) is 8.78 Å². The van der Waals surface area contributed by atoms with Gasteiger partial charge in [0.25, 0.3) is 0 Å². The Labute approximate surface area is 168 Å². The molecule has 0 saturated heterocycles. The Bertz CT molecular complexity index is 674. The van der Waals surface area contributed by atoms with Gasteiger partial charge in [0.1, 0.15) is 18.6 Å². The van der Waals surface area contributed by atoms with Gasteiger partial charge in [-0.1, -0.05) is 43.9 Å². The maximum Gasteiger partial charge on any atom is 0.141 e. The van der Waals surface area contributed by atoms with Gasteiger partial charge < -0.3 is 0 Å². The summed E-state index contributed by atoms with van der Waals surface area (Å²) in [7, 11) is 0. The van der Waals surface area contributed by atoms with Crippen LogP contribution in [0.2, 0.25) is 0 Å². The molecule has 0 spiro atoms. The first kappa shape index (κ1) is 21.0. The number of benzene rings is 1. The number of allylic oxidation sites excluding steroid dienone is 2. The molecule has 0 bridgehead atoms. The third-order valence-electron chi connectivity index (χ3n) is 7.11. The Morgan fingerprint density at radius 2 is 1.50 bits per heavy atom. The summed E-state index contributed by atoms with van der Waals surface area (Å²) in [6.45, 7) is -0.336. The second-order valence-electron chi connectivity index (χ2n) is 8.89. The van der Waals surface area contributed by atoms with E-state index in [-0.39, 0.29) is 18.1 Å². The van der Waals surface area contributed by atoms with Crippen LogP contribution in [0.15, 0.2) is 30.4 Å². The first-order valence-corrected chi connectivity index (χ1v) is 11.1. The lowest BCUT2D eigenvalue weighted by molar-refractivity contribution is 0.231. The summed E-state index contributed by atoms with van der Waals surface area (Å²) in [4.78, 5) is 0. The van der Waals surface area contributed by atoms with E-state index in [4.69, 9.17) is 5.26 Å². The summed E-state index contributed by atoms with van der Waals surface area (Å²) in [5.41, 5.74) is 1.21. The predicted molar refractivity (Wildman–Crippen MR) is 110 cm³/mol. The topological polar surface area (TPSA) is 23.8 Å². The van der Waals surface area contributed by atoms with Crippen LogP contribution in [-0.2, 0) is 0 Å². The van der Waals surface area contributed by atoms with E-state index in [1.165, 1.54) is 51.4 Å². The summed E-state index contributed by atoms with van der Waals surface area (Å²) in [6, 6.07) is 7.04. The molecule has 0 aromatic heterocycles. The monoisotopic (exact) mass is 385 g/mol. The quantitative estimate of drug-likeness (QED) is 0.446. The van der Waals surface area contributed by atoms with Crippen LogP contribution in [0, 0.1) is 34.9 Å². The van der Waals surface area contributed by atoms with Gasteiger partial charge in [-0.25, -0.2) is 8.78 Å². The average molecular weight is 386 g/mol. The largest absolute Gasteiger partial charge is 0.247 e. The van der Waals surface area contributed by atoms with Gasteiger partial charge in [0.05, 0.1) is 5.56 Å². The molecule has 0 N–H and O–H groups in total. The maximum absolute atomic E-state index is 13.9. The highest BCUT2D eigenvalue weighted by Crippen LogP contribution is 2.40. The predicted octanol–water partition coefficient (Wildman–Crippen LogP) is 7.47. The Morgan fingerprint density at radius 3 is 2.07 bits per heavy atom. The maximum atomic E-state index is 13.9. The van der Waals surface area contributed by atoms with Crippen LogP contribution in [-0.4, -0.2) is 6.67 Å². The fraction of sp³-hybridized carbons (Fsp3) is 0.640. The van der Waals surface area contributed by atoms with Gasteiger partial charge in [-0.05, 0) is 86.3 Å². The van der Waals surface area contributed by atoms with Crippen LogP contribution in [0.4, 0.5) is 8.78 Å². The molecular weight excluding hydrogens is 352 g/mol. The molecule has 2 aliphatic rings. The van der Waals surface area contributed by atoms with Gasteiger partial charge in [-0.3, -0.25) is 0 Å². The third-order valence-corrected chi connectivity index (χ3v) is 7.11. The summed E-state index contributed by atoms with van der Waals surface area (Å²) in [5, 5.41) is 8.88. The van der Waals surface area contributed by atoms with Crippen molar-refractivity contribution in [3.05, 3.63) is 47.3 Å². The standard InChI is InChI=1S/C25H33F2N/c26-16-2-1-3-19-4-6-20(7-5-19)8-9-21-10-12-22(13-11-21)23-14-15-24(18-28)25(27)17-23/h1-2,14-15,17,19-22H,3-13,16H2/b2-1+. The fourth-order valence-electron chi connectivity index (χ4n) is 5.24. The summed E-state index contributed by atoms with van der Waals surface area (Å²) in [5.74, 6) is 2.54. The molecule has 3 heteroatoms. The minimum absolute atomic E-state index is 0.144. The van der Waals surface area contributed by atoms with Crippen molar-refractivity contribution in [3.8, 4) is 6.07 Å². The summed E-state index contributed by atoms with van der Waals surface area (Å²) >= 11 is 0. The number of nitriles is 1. The molecule has 2 aliphatic carbocycles. The zero-order chi connectivity index (χ0) is 19.8. The van der Waals surface area contributed by atoms with E-state index in [1.807, 2.05) is 18.2 Å². The van der Waals surface area contributed by atoms with Crippen LogP contribution >= 0.6 is 0 Å². The minimum atomic E-state index is -0.377. The SMILES string of the molecule is N#Cc1ccc(C2CCC(CCC3CCC(C/C=C/CF)CC3)CC2)cc1F. The zero-order valence-corrected chi connectivity index (χ0v) is 16.9.